The van der Waals surface area contributed by atoms with Gasteiger partial charge in [0.1, 0.15) is 0 Å². The van der Waals surface area contributed by atoms with E-state index in [0.717, 1.165) is 19.6 Å². The Kier molecular flexibility index (Phi) is 2.53. The van der Waals surface area contributed by atoms with Gasteiger partial charge in [-0.2, -0.15) is 0 Å². The van der Waals surface area contributed by atoms with Gasteiger partial charge in [-0.25, -0.2) is 0 Å². The minimum Gasteiger partial charge on any atom is -0.300 e. The molecule has 3 heterocycles. The summed E-state index contributed by atoms with van der Waals surface area (Å²) in [6.45, 7) is 6.66. The summed E-state index contributed by atoms with van der Waals surface area (Å²) in [7, 11) is -1.42. The van der Waals surface area contributed by atoms with E-state index in [2.05, 4.69) is 26.5 Å². The molecule has 3 fully saturated rings. The Labute approximate surface area is 73.8 Å². The zero-order valence-electron chi connectivity index (χ0n) is 7.34. The minimum absolute atomic E-state index is 1.05. The van der Waals surface area contributed by atoms with Crippen molar-refractivity contribution in [2.24, 2.45) is 0 Å². The molecule has 12 heavy (non-hydrogen) atoms. The Morgan fingerprint density at radius 1 is 0.917 bits per heavy atom. The number of nitrogens with one attached hydrogen (secondary N) is 3. The predicted octanol–water partition coefficient (Wildman–Crippen LogP) is -0.721. The Morgan fingerprint density at radius 2 is 1.33 bits per heavy atom. The van der Waals surface area contributed by atoms with Crippen molar-refractivity contribution in [3.63, 3.8) is 0 Å². The van der Waals surface area contributed by atoms with E-state index < -0.39 is 7.34 Å². The van der Waals surface area contributed by atoms with Gasteiger partial charge in [0.2, 0.25) is 0 Å². The molecule has 3 aliphatic heterocycles. The van der Waals surface area contributed by atoms with Crippen molar-refractivity contribution >= 4 is 13.6 Å². The first kappa shape index (κ1) is 8.73. The molecule has 3 saturated heterocycles. The highest BCUT2D eigenvalue weighted by Crippen LogP contribution is 2.30. The molecule has 2 bridgehead atoms. The van der Waals surface area contributed by atoms with Crippen LogP contribution in [0, 0.1) is 0 Å². The van der Waals surface area contributed by atoms with Gasteiger partial charge < -0.3 is 0 Å². The molecular weight excluding hydrogens is 171 g/mol. The lowest BCUT2D eigenvalue weighted by Crippen LogP contribution is -2.50. The highest BCUT2D eigenvalue weighted by molar-refractivity contribution is 7.68. The van der Waals surface area contributed by atoms with Crippen LogP contribution in [0.1, 0.15) is 0 Å². The number of hydrogen-bond donors (Lipinski definition) is 3. The number of nitrogens with zero attached hydrogens (tertiary/aromatic N) is 1. The molecule has 70 valence electrons. The quantitative estimate of drug-likeness (QED) is 0.439. The molecule has 0 radical (unpaired) electrons. The van der Waals surface area contributed by atoms with Crippen molar-refractivity contribution in [3.8, 4) is 0 Å². The van der Waals surface area contributed by atoms with Crippen LogP contribution in [0.2, 0.25) is 0 Å². The second-order valence-corrected chi connectivity index (χ2v) is 5.94. The third kappa shape index (κ3) is 1.90. The Balaban J connectivity index is 2.11. The molecule has 0 aromatic rings. The Bertz CT molecular complexity index is 172. The van der Waals surface area contributed by atoms with E-state index in [4.69, 9.17) is 0 Å². The van der Waals surface area contributed by atoms with E-state index in [0.29, 0.717) is 0 Å². The molecule has 0 unspecified atom stereocenters. The van der Waals surface area contributed by atoms with Crippen LogP contribution in [0.4, 0.5) is 0 Å². The van der Waals surface area contributed by atoms with Gasteiger partial charge in [0.15, 0.2) is 0 Å². The van der Waals surface area contributed by atoms with Gasteiger partial charge in [0.25, 0.3) is 0 Å². The summed E-state index contributed by atoms with van der Waals surface area (Å²) in [4.78, 5) is 2.47. The normalized spacial score (nSPS) is 43.2. The zero-order chi connectivity index (χ0) is 8.44. The van der Waals surface area contributed by atoms with Crippen LogP contribution in [0.15, 0.2) is 0 Å². The van der Waals surface area contributed by atoms with Crippen LogP contribution < -0.4 is 15.3 Å². The summed E-state index contributed by atoms with van der Waals surface area (Å²) in [5, 5.41) is 10.4. The Hall–Kier alpha value is 0.140. The number of rotatable bonds is 0. The molecule has 0 aliphatic carbocycles. The van der Waals surface area contributed by atoms with Crippen molar-refractivity contribution in [2.75, 3.05) is 39.3 Å². The van der Waals surface area contributed by atoms with Crippen LogP contribution in [0.25, 0.3) is 0 Å². The average Bonchev–Trinajstić information content (AvgIpc) is 1.93. The average molecular weight is 188 g/mol. The van der Waals surface area contributed by atoms with Gasteiger partial charge in [-0.3, -0.25) is 20.2 Å². The largest absolute Gasteiger partial charge is 0.300 e. The van der Waals surface area contributed by atoms with E-state index in [1.54, 1.807) is 0 Å². The molecule has 3 N–H and O–H groups in total. The molecule has 3 rings (SSSR count). The minimum atomic E-state index is -1.42. The van der Waals surface area contributed by atoms with E-state index in [1.165, 1.54) is 19.6 Å². The second kappa shape index (κ2) is 3.48. The zero-order valence-corrected chi connectivity index (χ0v) is 8.24. The Morgan fingerprint density at radius 3 is 1.75 bits per heavy atom. The summed E-state index contributed by atoms with van der Waals surface area (Å²) < 4.78 is 0. The highest BCUT2D eigenvalue weighted by Gasteiger charge is 2.19. The maximum absolute atomic E-state index is 4.20. The summed E-state index contributed by atoms with van der Waals surface area (Å²) in [5.74, 6) is 0. The van der Waals surface area contributed by atoms with Crippen molar-refractivity contribution in [1.29, 1.82) is 0 Å². The molecule has 3 aliphatic rings. The van der Waals surface area contributed by atoms with Crippen LogP contribution in [-0.4, -0.2) is 50.5 Å². The van der Waals surface area contributed by atoms with Crippen molar-refractivity contribution in [3.05, 3.63) is 0 Å². The molecule has 0 atom stereocenters. The summed E-state index contributed by atoms with van der Waals surface area (Å²) in [6, 6.07) is 0. The highest BCUT2D eigenvalue weighted by atomic mass is 31.2. The number of hydrogen-bond acceptors (Lipinski definition) is 4. The summed E-state index contributed by atoms with van der Waals surface area (Å²) in [6.07, 6.45) is 4.20. The molecule has 0 saturated carbocycles. The molecule has 0 aromatic heterocycles. The van der Waals surface area contributed by atoms with Gasteiger partial charge in [0.05, 0.1) is 7.34 Å². The maximum atomic E-state index is 4.20. The molecule has 0 spiro atoms. The van der Waals surface area contributed by atoms with Crippen molar-refractivity contribution in [2.45, 2.75) is 0 Å². The SMILES string of the molecule is C=P12NCCN(CCN1)CCN2. The molecule has 0 aromatic carbocycles. The summed E-state index contributed by atoms with van der Waals surface area (Å²) >= 11 is 0. The van der Waals surface area contributed by atoms with Crippen LogP contribution >= 0.6 is 7.34 Å². The van der Waals surface area contributed by atoms with Gasteiger partial charge in [0, 0.05) is 39.3 Å². The molecular formula is C7H17N4P. The first-order chi connectivity index (χ1) is 5.79. The monoisotopic (exact) mass is 188 g/mol. The second-order valence-electron chi connectivity index (χ2n) is 3.38. The third-order valence-electron chi connectivity index (χ3n) is 2.43. The lowest BCUT2D eigenvalue weighted by molar-refractivity contribution is 0.276. The molecule has 0 amide bonds. The summed E-state index contributed by atoms with van der Waals surface area (Å²) in [5.41, 5.74) is 0. The fraction of sp³-hybridized carbons (Fsp3) is 0.857. The molecule has 5 heteroatoms. The van der Waals surface area contributed by atoms with E-state index in [1.807, 2.05) is 0 Å². The van der Waals surface area contributed by atoms with Crippen LogP contribution in [0.5, 0.6) is 0 Å². The lowest BCUT2D eigenvalue weighted by atomic mass is 10.4. The van der Waals surface area contributed by atoms with E-state index >= 15 is 0 Å². The third-order valence-corrected chi connectivity index (χ3v) is 4.72. The van der Waals surface area contributed by atoms with Crippen LogP contribution in [-0.2, 0) is 0 Å². The van der Waals surface area contributed by atoms with Crippen LogP contribution in [0.3, 0.4) is 0 Å². The van der Waals surface area contributed by atoms with Gasteiger partial charge in [-0.05, 0) is 0 Å². The number of fused-ring (bicyclic) bond motifs is 6. The van der Waals surface area contributed by atoms with Crippen molar-refractivity contribution < 1.29 is 0 Å². The molecule has 4 nitrogen and oxygen atoms in total. The topological polar surface area (TPSA) is 39.3 Å². The van der Waals surface area contributed by atoms with E-state index in [-0.39, 0.29) is 0 Å². The standard InChI is InChI=1S/C7H17N4P/c1-12-8-2-5-11(6-3-9-12)7-4-10-12/h8-10H,1-7H2. The van der Waals surface area contributed by atoms with E-state index in [9.17, 15) is 0 Å². The van der Waals surface area contributed by atoms with Gasteiger partial charge in [-0.15, -0.1) is 0 Å². The first-order valence-electron chi connectivity index (χ1n) is 4.50. The van der Waals surface area contributed by atoms with Crippen molar-refractivity contribution in [1.82, 2.24) is 20.2 Å². The fourth-order valence-corrected chi connectivity index (χ4v) is 3.48. The first-order valence-corrected chi connectivity index (χ1v) is 6.47. The van der Waals surface area contributed by atoms with Gasteiger partial charge >= 0.3 is 0 Å². The predicted molar refractivity (Wildman–Crippen MR) is 54.5 cm³/mol. The smallest absolute Gasteiger partial charge is 0.0666 e. The lowest BCUT2D eigenvalue weighted by Gasteiger charge is -2.37. The van der Waals surface area contributed by atoms with Gasteiger partial charge in [-0.1, -0.05) is 6.30 Å². The maximum Gasteiger partial charge on any atom is 0.0666 e. The fourth-order valence-electron chi connectivity index (χ4n) is 1.70.